The van der Waals surface area contributed by atoms with Gasteiger partial charge in [-0.1, -0.05) is 0 Å². The first kappa shape index (κ1) is 22.3. The molecule has 10 N–H and O–H groups in total. The van der Waals surface area contributed by atoms with Gasteiger partial charge in [-0.3, -0.25) is 10.2 Å². The second-order valence-corrected chi connectivity index (χ2v) is 4.15. The Labute approximate surface area is 125 Å². The molecule has 0 aromatic rings. The Morgan fingerprint density at radius 1 is 1.14 bits per heavy atom. The van der Waals surface area contributed by atoms with Crippen molar-refractivity contribution in [1.29, 1.82) is 5.41 Å². The zero-order valence-corrected chi connectivity index (χ0v) is 11.7. The number of likely N-dealkylation sites (N-methyl/N-ethyl adjacent to an activating group) is 1. The van der Waals surface area contributed by atoms with Gasteiger partial charge in [-0.05, 0) is 0 Å². The topological polar surface area (TPSA) is 229 Å². The van der Waals surface area contributed by atoms with E-state index in [9.17, 15) is 9.59 Å². The van der Waals surface area contributed by atoms with Crippen molar-refractivity contribution in [2.24, 2.45) is 5.73 Å². The fraction of sp³-hybridized carbons (Fsp3) is 0.700. The van der Waals surface area contributed by atoms with Crippen LogP contribution in [-0.2, 0) is 9.59 Å². The fourth-order valence-corrected chi connectivity index (χ4v) is 0.957. The minimum absolute atomic E-state index is 0.227. The maximum Gasteiger partial charge on any atom is 0.335 e. The molecule has 0 fully saturated rings. The van der Waals surface area contributed by atoms with Gasteiger partial charge in [0, 0.05) is 7.05 Å². The molecule has 0 saturated heterocycles. The molecule has 0 amide bonds. The van der Waals surface area contributed by atoms with Crippen LogP contribution in [0.3, 0.4) is 0 Å². The van der Waals surface area contributed by atoms with Crippen molar-refractivity contribution in [2.75, 3.05) is 20.2 Å². The van der Waals surface area contributed by atoms with Gasteiger partial charge < -0.3 is 46.4 Å². The van der Waals surface area contributed by atoms with Crippen molar-refractivity contribution in [2.45, 2.75) is 24.4 Å². The Bertz CT molecular complexity index is 379. The third-order valence-corrected chi connectivity index (χ3v) is 2.29. The zero-order chi connectivity index (χ0) is 18.0. The number of nitrogens with two attached hydrogens (primary N) is 1. The summed E-state index contributed by atoms with van der Waals surface area (Å²) in [5.74, 6) is -2.96. The van der Waals surface area contributed by atoms with Crippen molar-refractivity contribution in [3.63, 3.8) is 0 Å². The van der Waals surface area contributed by atoms with Crippen molar-refractivity contribution < 1.29 is 45.3 Å². The van der Waals surface area contributed by atoms with E-state index in [4.69, 9.17) is 46.9 Å². The summed E-state index contributed by atoms with van der Waals surface area (Å²) in [6, 6.07) is 0. The summed E-state index contributed by atoms with van der Waals surface area (Å²) in [6.45, 7) is -1.07. The first-order valence-electron chi connectivity index (χ1n) is 5.78. The van der Waals surface area contributed by atoms with E-state index in [1.54, 1.807) is 0 Å². The van der Waals surface area contributed by atoms with Crippen LogP contribution in [0, 0.1) is 5.41 Å². The molecule has 12 nitrogen and oxygen atoms in total. The standard InChI is InChI=1S/C6H12O7.C4H9N3O2/c7-1-2(8)3(9)4(10)5(11)6(12)13;1-7(4(5)6)2-3(8)9/h2-5,7-11H,1H2,(H,12,13);2H2,1H3,(H3,5,6)(H,8,9)/t2-,3-,4+,5-;/m1./s1. The molecule has 0 spiro atoms. The molecule has 0 aliphatic carbocycles. The van der Waals surface area contributed by atoms with Gasteiger partial charge in [0.15, 0.2) is 12.1 Å². The number of aliphatic carboxylic acids is 2. The Hall–Kier alpha value is -1.99. The summed E-state index contributed by atoms with van der Waals surface area (Å²) in [7, 11) is 1.44. The van der Waals surface area contributed by atoms with Crippen LogP contribution in [0.25, 0.3) is 0 Å². The maximum absolute atomic E-state index is 10.1. The number of carboxylic acid groups (broad SMARTS) is 2. The second-order valence-electron chi connectivity index (χ2n) is 4.15. The van der Waals surface area contributed by atoms with Crippen LogP contribution < -0.4 is 5.73 Å². The highest BCUT2D eigenvalue weighted by atomic mass is 16.4. The summed E-state index contributed by atoms with van der Waals surface area (Å²) in [5, 5.41) is 66.7. The normalized spacial score (nSPS) is 15.5. The minimum Gasteiger partial charge on any atom is -0.480 e. The van der Waals surface area contributed by atoms with Crippen LogP contribution in [0.1, 0.15) is 0 Å². The Kier molecular flexibility index (Phi) is 10.8. The lowest BCUT2D eigenvalue weighted by atomic mass is 10.0. The minimum atomic E-state index is -2.20. The van der Waals surface area contributed by atoms with E-state index in [1.165, 1.54) is 7.05 Å². The van der Waals surface area contributed by atoms with Crippen LogP contribution in [0.4, 0.5) is 0 Å². The van der Waals surface area contributed by atoms with E-state index in [0.29, 0.717) is 0 Å². The van der Waals surface area contributed by atoms with Crippen LogP contribution in [0.15, 0.2) is 0 Å². The van der Waals surface area contributed by atoms with Crippen LogP contribution in [-0.4, -0.2) is 103 Å². The lowest BCUT2D eigenvalue weighted by Crippen LogP contribution is -2.48. The summed E-state index contributed by atoms with van der Waals surface area (Å²) >= 11 is 0. The molecule has 0 radical (unpaired) electrons. The molecule has 0 rings (SSSR count). The molecule has 4 atom stereocenters. The smallest absolute Gasteiger partial charge is 0.335 e. The summed E-state index contributed by atoms with van der Waals surface area (Å²) in [5.41, 5.74) is 4.93. The number of hydrogen-bond acceptors (Lipinski definition) is 8. The van der Waals surface area contributed by atoms with Crippen molar-refractivity contribution in [3.05, 3.63) is 0 Å². The summed E-state index contributed by atoms with van der Waals surface area (Å²) in [4.78, 5) is 21.1. The lowest BCUT2D eigenvalue weighted by Gasteiger charge is -2.23. The van der Waals surface area contributed by atoms with E-state index in [-0.39, 0.29) is 12.5 Å². The third kappa shape index (κ3) is 9.04. The van der Waals surface area contributed by atoms with Gasteiger partial charge in [-0.25, -0.2) is 4.79 Å². The molecule has 0 heterocycles. The van der Waals surface area contributed by atoms with Gasteiger partial charge in [0.05, 0.1) is 6.61 Å². The van der Waals surface area contributed by atoms with Gasteiger partial charge in [0.25, 0.3) is 0 Å². The third-order valence-electron chi connectivity index (χ3n) is 2.29. The van der Waals surface area contributed by atoms with Crippen molar-refractivity contribution >= 4 is 17.9 Å². The average Bonchev–Trinajstić information content (AvgIpc) is 2.43. The second kappa shape index (κ2) is 10.7. The highest BCUT2D eigenvalue weighted by Gasteiger charge is 2.33. The molecule has 0 aromatic heterocycles. The number of hydrogen-bond donors (Lipinski definition) is 9. The zero-order valence-electron chi connectivity index (χ0n) is 11.7. The van der Waals surface area contributed by atoms with Crippen molar-refractivity contribution in [1.82, 2.24) is 4.90 Å². The number of guanidine groups is 1. The number of carboxylic acids is 2. The Morgan fingerprint density at radius 3 is 1.82 bits per heavy atom. The van der Waals surface area contributed by atoms with E-state index in [2.05, 4.69) is 0 Å². The molecule has 0 unspecified atom stereocenters. The largest absolute Gasteiger partial charge is 0.480 e. The number of nitrogens with zero attached hydrogens (tertiary/aromatic N) is 1. The molecule has 22 heavy (non-hydrogen) atoms. The number of aliphatic hydroxyl groups excluding tert-OH is 5. The first-order chi connectivity index (χ1) is 9.95. The highest BCUT2D eigenvalue weighted by Crippen LogP contribution is 2.04. The molecule has 12 heteroatoms. The molecular weight excluding hydrogens is 306 g/mol. The number of nitrogens with one attached hydrogen (secondary N) is 1. The maximum atomic E-state index is 10.1. The molecular formula is C10H21N3O9. The monoisotopic (exact) mass is 327 g/mol. The van der Waals surface area contributed by atoms with Crippen LogP contribution >= 0.6 is 0 Å². The van der Waals surface area contributed by atoms with Gasteiger partial charge >= 0.3 is 11.9 Å². The van der Waals surface area contributed by atoms with Gasteiger partial charge in [-0.15, -0.1) is 0 Å². The molecule has 130 valence electrons. The first-order valence-corrected chi connectivity index (χ1v) is 5.78. The predicted octanol–water partition coefficient (Wildman–Crippen LogP) is -4.60. The van der Waals surface area contributed by atoms with Gasteiger partial charge in [0.2, 0.25) is 0 Å². The number of aliphatic hydroxyl groups is 5. The summed E-state index contributed by atoms with van der Waals surface area (Å²) < 4.78 is 0. The van der Waals surface area contributed by atoms with Gasteiger partial charge in [-0.2, -0.15) is 0 Å². The molecule has 0 saturated carbocycles. The van der Waals surface area contributed by atoms with E-state index in [0.717, 1.165) is 4.90 Å². The fourth-order valence-electron chi connectivity index (χ4n) is 0.957. The molecule has 0 aliphatic rings. The van der Waals surface area contributed by atoms with E-state index < -0.39 is 43.0 Å². The number of rotatable bonds is 7. The van der Waals surface area contributed by atoms with Crippen LogP contribution in [0.2, 0.25) is 0 Å². The predicted molar refractivity (Wildman–Crippen MR) is 70.9 cm³/mol. The Balaban J connectivity index is 0. The van der Waals surface area contributed by atoms with E-state index >= 15 is 0 Å². The summed E-state index contributed by atoms with van der Waals surface area (Å²) in [6.07, 6.45) is -7.84. The highest BCUT2D eigenvalue weighted by molar-refractivity contribution is 5.80. The van der Waals surface area contributed by atoms with Crippen molar-refractivity contribution in [3.8, 4) is 0 Å². The number of carbonyl (C=O) groups is 2. The van der Waals surface area contributed by atoms with Crippen LogP contribution in [0.5, 0.6) is 0 Å². The SMILES string of the molecule is CN(CC(=O)O)C(=N)N.O=C(O)[C@H](O)[C@@H](O)[C@H](O)[C@H](O)CO. The average molecular weight is 327 g/mol. The lowest BCUT2D eigenvalue weighted by molar-refractivity contribution is -0.164. The van der Waals surface area contributed by atoms with Gasteiger partial charge in [0.1, 0.15) is 24.9 Å². The molecule has 0 aromatic carbocycles. The Morgan fingerprint density at radius 2 is 1.59 bits per heavy atom. The molecule has 0 bridgehead atoms. The molecule has 0 aliphatic heterocycles. The quantitative estimate of drug-likeness (QED) is 0.159. The van der Waals surface area contributed by atoms with E-state index in [1.807, 2.05) is 0 Å².